The first-order chi connectivity index (χ1) is 9.45. The number of aryl methyl sites for hydroxylation is 1. The van der Waals surface area contributed by atoms with Gasteiger partial charge in [-0.15, -0.1) is 0 Å². The van der Waals surface area contributed by atoms with Gasteiger partial charge in [0.1, 0.15) is 11.5 Å². The molecule has 0 aliphatic heterocycles. The fourth-order valence-electron chi connectivity index (χ4n) is 2.18. The highest BCUT2D eigenvalue weighted by Crippen LogP contribution is 2.25. The van der Waals surface area contributed by atoms with Gasteiger partial charge in [-0.25, -0.2) is 0 Å². The molecule has 1 heterocycles. The summed E-state index contributed by atoms with van der Waals surface area (Å²) in [5, 5.41) is 0. The Balaban J connectivity index is 2.10. The number of furan rings is 1. The lowest BCUT2D eigenvalue weighted by molar-refractivity contribution is 0.482. The summed E-state index contributed by atoms with van der Waals surface area (Å²) >= 11 is 3.63. The molecule has 108 valence electrons. The first-order valence-corrected chi connectivity index (χ1v) is 7.55. The van der Waals surface area contributed by atoms with Crippen LogP contribution in [-0.2, 0) is 13.0 Å². The normalized spacial score (nSPS) is 12.4. The third kappa shape index (κ3) is 3.87. The van der Waals surface area contributed by atoms with Crippen LogP contribution in [0.25, 0.3) is 0 Å². The van der Waals surface area contributed by atoms with E-state index in [-0.39, 0.29) is 6.04 Å². The molecule has 1 aromatic heterocycles. The molecule has 3 nitrogen and oxygen atoms in total. The molecule has 0 aliphatic rings. The zero-order chi connectivity index (χ0) is 14.7. The quantitative estimate of drug-likeness (QED) is 0.900. The van der Waals surface area contributed by atoms with Crippen LogP contribution in [0.3, 0.4) is 0 Å². The Morgan fingerprint density at radius 1 is 1.30 bits per heavy atom. The maximum absolute atomic E-state index is 5.85. The van der Waals surface area contributed by atoms with E-state index in [1.807, 2.05) is 26.0 Å². The fourth-order valence-corrected chi connectivity index (χ4v) is 2.71. The predicted molar refractivity (Wildman–Crippen MR) is 87.0 cm³/mol. The van der Waals surface area contributed by atoms with Gasteiger partial charge in [0.25, 0.3) is 0 Å². The summed E-state index contributed by atoms with van der Waals surface area (Å²) in [7, 11) is 2.06. The molecule has 0 fully saturated rings. The fraction of sp³-hybridized carbons (Fsp3) is 0.375. The minimum absolute atomic E-state index is 0.168. The summed E-state index contributed by atoms with van der Waals surface area (Å²) in [6.07, 6.45) is 0.877. The van der Waals surface area contributed by atoms with Crippen molar-refractivity contribution in [3.05, 3.63) is 51.9 Å². The maximum Gasteiger partial charge on any atom is 0.123 e. The van der Waals surface area contributed by atoms with Gasteiger partial charge in [0.05, 0.1) is 6.54 Å². The average Bonchev–Trinajstić information content (AvgIpc) is 2.76. The highest BCUT2D eigenvalue weighted by molar-refractivity contribution is 9.10. The summed E-state index contributed by atoms with van der Waals surface area (Å²) in [5.41, 5.74) is 8.25. The van der Waals surface area contributed by atoms with E-state index in [2.05, 4.69) is 46.1 Å². The van der Waals surface area contributed by atoms with Crippen molar-refractivity contribution in [2.75, 3.05) is 11.9 Å². The molecule has 2 aromatic rings. The third-order valence-electron chi connectivity index (χ3n) is 3.21. The summed E-state index contributed by atoms with van der Waals surface area (Å²) in [4.78, 5) is 2.17. The molecule has 0 saturated heterocycles. The van der Waals surface area contributed by atoms with Crippen LogP contribution < -0.4 is 10.6 Å². The van der Waals surface area contributed by atoms with Gasteiger partial charge in [-0.2, -0.15) is 0 Å². The maximum atomic E-state index is 5.85. The number of rotatable bonds is 5. The van der Waals surface area contributed by atoms with Crippen molar-refractivity contribution in [3.8, 4) is 0 Å². The molecule has 0 aliphatic carbocycles. The molecular weight excluding hydrogens is 316 g/mol. The van der Waals surface area contributed by atoms with Crippen molar-refractivity contribution in [1.29, 1.82) is 0 Å². The zero-order valence-corrected chi connectivity index (χ0v) is 13.8. The van der Waals surface area contributed by atoms with Crippen molar-refractivity contribution >= 4 is 21.6 Å². The van der Waals surface area contributed by atoms with E-state index in [0.717, 1.165) is 34.6 Å². The Bertz CT molecular complexity index is 578. The SMILES string of the molecule is Cc1ccc(CN(C)c2ccc(CC(C)N)c(Br)c2)o1. The van der Waals surface area contributed by atoms with E-state index in [9.17, 15) is 0 Å². The van der Waals surface area contributed by atoms with Gasteiger partial charge in [0.2, 0.25) is 0 Å². The number of hydrogen-bond acceptors (Lipinski definition) is 3. The standard InChI is InChI=1S/C16H21BrN2O/c1-11(18)8-13-5-6-14(9-16(13)17)19(3)10-15-7-4-12(2)20-15/h4-7,9,11H,8,10,18H2,1-3H3. The highest BCUT2D eigenvalue weighted by Gasteiger charge is 2.09. The van der Waals surface area contributed by atoms with Crippen molar-refractivity contribution in [2.45, 2.75) is 32.9 Å². The number of benzene rings is 1. The van der Waals surface area contributed by atoms with Crippen LogP contribution >= 0.6 is 15.9 Å². The Kier molecular flexibility index (Phi) is 4.89. The topological polar surface area (TPSA) is 42.4 Å². The molecule has 2 N–H and O–H groups in total. The molecule has 0 saturated carbocycles. The minimum atomic E-state index is 0.168. The van der Waals surface area contributed by atoms with E-state index in [0.29, 0.717) is 0 Å². The highest BCUT2D eigenvalue weighted by atomic mass is 79.9. The molecule has 0 spiro atoms. The van der Waals surface area contributed by atoms with Gasteiger partial charge >= 0.3 is 0 Å². The summed E-state index contributed by atoms with van der Waals surface area (Å²) in [6.45, 7) is 4.74. The van der Waals surface area contributed by atoms with Gasteiger partial charge in [-0.3, -0.25) is 0 Å². The summed E-state index contributed by atoms with van der Waals surface area (Å²) in [6, 6.07) is 10.6. The predicted octanol–water partition coefficient (Wildman–Crippen LogP) is 3.88. The number of hydrogen-bond donors (Lipinski definition) is 1. The van der Waals surface area contributed by atoms with Crippen molar-refractivity contribution in [1.82, 2.24) is 0 Å². The van der Waals surface area contributed by atoms with Crippen LogP contribution in [-0.4, -0.2) is 13.1 Å². The second-order valence-corrected chi connectivity index (χ2v) is 6.18. The van der Waals surface area contributed by atoms with Crippen molar-refractivity contribution < 1.29 is 4.42 Å². The number of halogens is 1. The molecule has 4 heteroatoms. The monoisotopic (exact) mass is 336 g/mol. The number of nitrogens with two attached hydrogens (primary N) is 1. The lowest BCUT2D eigenvalue weighted by atomic mass is 10.1. The molecule has 1 atom stereocenters. The molecule has 0 amide bonds. The van der Waals surface area contributed by atoms with Gasteiger partial charge in [0.15, 0.2) is 0 Å². The molecule has 0 radical (unpaired) electrons. The smallest absolute Gasteiger partial charge is 0.123 e. The largest absolute Gasteiger partial charge is 0.464 e. The second-order valence-electron chi connectivity index (χ2n) is 5.33. The molecule has 1 aromatic carbocycles. The van der Waals surface area contributed by atoms with Crippen LogP contribution in [0.4, 0.5) is 5.69 Å². The van der Waals surface area contributed by atoms with Crippen LogP contribution in [0.15, 0.2) is 39.2 Å². The van der Waals surface area contributed by atoms with Crippen molar-refractivity contribution in [3.63, 3.8) is 0 Å². The summed E-state index contributed by atoms with van der Waals surface area (Å²) < 4.78 is 6.72. The first-order valence-electron chi connectivity index (χ1n) is 6.76. The minimum Gasteiger partial charge on any atom is -0.464 e. The van der Waals surface area contributed by atoms with E-state index < -0.39 is 0 Å². The lowest BCUT2D eigenvalue weighted by Gasteiger charge is -2.19. The van der Waals surface area contributed by atoms with E-state index in [4.69, 9.17) is 10.2 Å². The Morgan fingerprint density at radius 2 is 2.05 bits per heavy atom. The van der Waals surface area contributed by atoms with Crippen LogP contribution in [0, 0.1) is 6.92 Å². The Morgan fingerprint density at radius 3 is 2.60 bits per heavy atom. The third-order valence-corrected chi connectivity index (χ3v) is 3.95. The zero-order valence-electron chi connectivity index (χ0n) is 12.2. The van der Waals surface area contributed by atoms with Gasteiger partial charge < -0.3 is 15.1 Å². The summed E-state index contributed by atoms with van der Waals surface area (Å²) in [5.74, 6) is 1.92. The van der Waals surface area contributed by atoms with Gasteiger partial charge in [0, 0.05) is 23.2 Å². The van der Waals surface area contributed by atoms with E-state index in [1.165, 1.54) is 5.56 Å². The van der Waals surface area contributed by atoms with Gasteiger partial charge in [-0.05, 0) is 50.1 Å². The first kappa shape index (κ1) is 15.1. The van der Waals surface area contributed by atoms with Crippen LogP contribution in [0.1, 0.15) is 24.0 Å². The lowest BCUT2D eigenvalue weighted by Crippen LogP contribution is -2.19. The van der Waals surface area contributed by atoms with Crippen LogP contribution in [0.5, 0.6) is 0 Å². The molecular formula is C16H21BrN2O. The Labute approximate surface area is 128 Å². The van der Waals surface area contributed by atoms with E-state index in [1.54, 1.807) is 0 Å². The van der Waals surface area contributed by atoms with Gasteiger partial charge in [-0.1, -0.05) is 22.0 Å². The van der Waals surface area contributed by atoms with E-state index >= 15 is 0 Å². The second kappa shape index (κ2) is 6.46. The molecule has 20 heavy (non-hydrogen) atoms. The molecule has 2 rings (SSSR count). The molecule has 0 bridgehead atoms. The average molecular weight is 337 g/mol. The Hall–Kier alpha value is -1.26. The number of nitrogens with zero attached hydrogens (tertiary/aromatic N) is 1. The molecule has 1 unspecified atom stereocenters. The number of anilines is 1. The van der Waals surface area contributed by atoms with Crippen molar-refractivity contribution in [2.24, 2.45) is 5.73 Å². The van der Waals surface area contributed by atoms with Crippen LogP contribution in [0.2, 0.25) is 0 Å².